The quantitative estimate of drug-likeness (QED) is 0.515. The molecule has 0 rings (SSSR count). The summed E-state index contributed by atoms with van der Waals surface area (Å²) in [5.74, 6) is 0. The minimum absolute atomic E-state index is 0.192. The Morgan fingerprint density at radius 3 is 2.47 bits per heavy atom. The lowest BCUT2D eigenvalue weighted by Gasteiger charge is -2.23. The number of hydrogen-bond donors (Lipinski definition) is 3. The first kappa shape index (κ1) is 14.9. The second kappa shape index (κ2) is 8.08. The molecule has 0 aliphatic rings. The summed E-state index contributed by atoms with van der Waals surface area (Å²) in [6.07, 6.45) is 6.24. The fourth-order valence-electron chi connectivity index (χ4n) is 1.43. The van der Waals surface area contributed by atoms with Crippen LogP contribution >= 0.6 is 0 Å². The molecule has 3 N–H and O–H groups in total. The summed E-state index contributed by atoms with van der Waals surface area (Å²) < 4.78 is 0. The molecule has 0 fully saturated rings. The molecule has 3 nitrogen and oxygen atoms in total. The Morgan fingerprint density at radius 2 is 1.93 bits per heavy atom. The van der Waals surface area contributed by atoms with Gasteiger partial charge in [0.25, 0.3) is 0 Å². The number of unbranched alkanes of at least 4 members (excludes halogenated alkanes) is 3. The molecular formula is C12H27NO2. The van der Waals surface area contributed by atoms with Gasteiger partial charge in [0.2, 0.25) is 0 Å². The molecule has 0 radical (unpaired) electrons. The van der Waals surface area contributed by atoms with Crippen LogP contribution in [0, 0.1) is 0 Å². The zero-order chi connectivity index (χ0) is 11.7. The zero-order valence-electron chi connectivity index (χ0n) is 10.4. The van der Waals surface area contributed by atoms with Crippen LogP contribution in [0.4, 0.5) is 0 Å². The highest BCUT2D eigenvalue weighted by molar-refractivity contribution is 4.76. The van der Waals surface area contributed by atoms with E-state index in [2.05, 4.69) is 19.2 Å². The van der Waals surface area contributed by atoms with Gasteiger partial charge >= 0.3 is 0 Å². The Bertz CT molecular complexity index is 149. The maximum absolute atomic E-state index is 9.57. The van der Waals surface area contributed by atoms with Crippen LogP contribution in [0.25, 0.3) is 0 Å². The molecule has 0 amide bonds. The van der Waals surface area contributed by atoms with Crippen LogP contribution in [-0.2, 0) is 0 Å². The van der Waals surface area contributed by atoms with E-state index in [1.807, 2.05) is 0 Å². The highest BCUT2D eigenvalue weighted by Crippen LogP contribution is 2.06. The average Bonchev–Trinajstić information content (AvgIpc) is 2.22. The second-order valence-corrected chi connectivity index (χ2v) is 4.79. The third kappa shape index (κ3) is 8.85. The summed E-state index contributed by atoms with van der Waals surface area (Å²) in [5, 5.41) is 21.7. The summed E-state index contributed by atoms with van der Waals surface area (Å²) in [6.45, 7) is 6.24. The Kier molecular flexibility index (Phi) is 8.02. The van der Waals surface area contributed by atoms with E-state index in [-0.39, 0.29) is 6.61 Å². The highest BCUT2D eigenvalue weighted by atomic mass is 16.3. The van der Waals surface area contributed by atoms with Crippen LogP contribution in [0.2, 0.25) is 0 Å². The average molecular weight is 217 g/mol. The second-order valence-electron chi connectivity index (χ2n) is 4.79. The SMILES string of the molecule is CCCCCCC(C)NCC(C)(O)CO. The Balaban J connectivity index is 3.44. The topological polar surface area (TPSA) is 52.5 Å². The van der Waals surface area contributed by atoms with Gasteiger partial charge in [0, 0.05) is 12.6 Å². The van der Waals surface area contributed by atoms with Gasteiger partial charge < -0.3 is 15.5 Å². The van der Waals surface area contributed by atoms with Gasteiger partial charge in [-0.05, 0) is 20.3 Å². The molecule has 0 saturated heterocycles. The van der Waals surface area contributed by atoms with Crippen molar-refractivity contribution < 1.29 is 10.2 Å². The van der Waals surface area contributed by atoms with Crippen LogP contribution in [0.3, 0.4) is 0 Å². The Morgan fingerprint density at radius 1 is 1.27 bits per heavy atom. The van der Waals surface area contributed by atoms with Gasteiger partial charge in [-0.15, -0.1) is 0 Å². The van der Waals surface area contributed by atoms with Crippen molar-refractivity contribution in [3.63, 3.8) is 0 Å². The Hall–Kier alpha value is -0.120. The molecule has 2 atom stereocenters. The smallest absolute Gasteiger partial charge is 0.0972 e. The first-order chi connectivity index (χ1) is 7.02. The van der Waals surface area contributed by atoms with E-state index in [0.29, 0.717) is 12.6 Å². The molecule has 0 aromatic heterocycles. The van der Waals surface area contributed by atoms with Crippen molar-refractivity contribution >= 4 is 0 Å². The van der Waals surface area contributed by atoms with Crippen molar-refractivity contribution in [1.82, 2.24) is 5.32 Å². The maximum Gasteiger partial charge on any atom is 0.0972 e. The number of hydrogen-bond acceptors (Lipinski definition) is 3. The van der Waals surface area contributed by atoms with Crippen LogP contribution < -0.4 is 5.32 Å². The fourth-order valence-corrected chi connectivity index (χ4v) is 1.43. The third-order valence-corrected chi connectivity index (χ3v) is 2.66. The first-order valence-electron chi connectivity index (χ1n) is 6.08. The summed E-state index contributed by atoms with van der Waals surface area (Å²) in [5.41, 5.74) is -0.988. The molecule has 0 bridgehead atoms. The number of aliphatic hydroxyl groups excluding tert-OH is 1. The lowest BCUT2D eigenvalue weighted by molar-refractivity contribution is 0.000899. The predicted molar refractivity (Wildman–Crippen MR) is 63.9 cm³/mol. The molecule has 2 unspecified atom stereocenters. The summed E-state index contributed by atoms with van der Waals surface area (Å²) in [7, 11) is 0. The minimum atomic E-state index is -0.988. The molecule has 0 aliphatic carbocycles. The van der Waals surface area contributed by atoms with Crippen molar-refractivity contribution in [2.24, 2.45) is 0 Å². The molecule has 92 valence electrons. The Labute approximate surface area is 93.9 Å². The van der Waals surface area contributed by atoms with Crippen molar-refractivity contribution in [2.75, 3.05) is 13.2 Å². The van der Waals surface area contributed by atoms with Gasteiger partial charge in [0.1, 0.15) is 0 Å². The number of aliphatic hydroxyl groups is 2. The maximum atomic E-state index is 9.57. The zero-order valence-corrected chi connectivity index (χ0v) is 10.4. The van der Waals surface area contributed by atoms with Gasteiger partial charge in [0.15, 0.2) is 0 Å². The van der Waals surface area contributed by atoms with Crippen LogP contribution in [0.5, 0.6) is 0 Å². The molecule has 0 heterocycles. The normalized spacial score (nSPS) is 17.4. The van der Waals surface area contributed by atoms with Crippen molar-refractivity contribution in [1.29, 1.82) is 0 Å². The largest absolute Gasteiger partial charge is 0.393 e. The molecule has 0 saturated carbocycles. The standard InChI is InChI=1S/C12H27NO2/c1-4-5-6-7-8-11(2)13-9-12(3,15)10-14/h11,13-15H,4-10H2,1-3H3. The lowest BCUT2D eigenvalue weighted by atomic mass is 10.1. The summed E-state index contributed by atoms with van der Waals surface area (Å²) in [4.78, 5) is 0. The van der Waals surface area contributed by atoms with E-state index < -0.39 is 5.60 Å². The molecule has 0 aromatic carbocycles. The van der Waals surface area contributed by atoms with E-state index in [1.165, 1.54) is 25.7 Å². The van der Waals surface area contributed by atoms with E-state index in [4.69, 9.17) is 5.11 Å². The first-order valence-corrected chi connectivity index (χ1v) is 6.08. The van der Waals surface area contributed by atoms with Crippen molar-refractivity contribution in [3.05, 3.63) is 0 Å². The fraction of sp³-hybridized carbons (Fsp3) is 1.00. The van der Waals surface area contributed by atoms with E-state index in [9.17, 15) is 5.11 Å². The highest BCUT2D eigenvalue weighted by Gasteiger charge is 2.18. The van der Waals surface area contributed by atoms with Gasteiger partial charge in [-0.1, -0.05) is 32.6 Å². The molecule has 0 aromatic rings. The summed E-state index contributed by atoms with van der Waals surface area (Å²) in [6, 6.07) is 0.417. The predicted octanol–water partition coefficient (Wildman–Crippen LogP) is 1.68. The number of rotatable bonds is 9. The van der Waals surface area contributed by atoms with E-state index >= 15 is 0 Å². The van der Waals surface area contributed by atoms with E-state index in [0.717, 1.165) is 6.42 Å². The minimum Gasteiger partial charge on any atom is -0.393 e. The third-order valence-electron chi connectivity index (χ3n) is 2.66. The van der Waals surface area contributed by atoms with Gasteiger partial charge in [-0.2, -0.15) is 0 Å². The van der Waals surface area contributed by atoms with Crippen LogP contribution in [0.15, 0.2) is 0 Å². The molecule has 3 heteroatoms. The lowest BCUT2D eigenvalue weighted by Crippen LogP contribution is -2.44. The van der Waals surface area contributed by atoms with Crippen LogP contribution in [-0.4, -0.2) is 35.0 Å². The number of nitrogens with one attached hydrogen (secondary N) is 1. The van der Waals surface area contributed by atoms with Gasteiger partial charge in [-0.3, -0.25) is 0 Å². The monoisotopic (exact) mass is 217 g/mol. The molecule has 15 heavy (non-hydrogen) atoms. The summed E-state index contributed by atoms with van der Waals surface area (Å²) >= 11 is 0. The molecule has 0 spiro atoms. The molecule has 0 aliphatic heterocycles. The molecular weight excluding hydrogens is 190 g/mol. The van der Waals surface area contributed by atoms with E-state index in [1.54, 1.807) is 6.92 Å². The van der Waals surface area contributed by atoms with Crippen molar-refractivity contribution in [2.45, 2.75) is 64.5 Å². The van der Waals surface area contributed by atoms with Crippen LogP contribution in [0.1, 0.15) is 52.9 Å². The van der Waals surface area contributed by atoms with Gasteiger partial charge in [0.05, 0.1) is 12.2 Å². The van der Waals surface area contributed by atoms with Gasteiger partial charge in [-0.25, -0.2) is 0 Å². The van der Waals surface area contributed by atoms with Crippen molar-refractivity contribution in [3.8, 4) is 0 Å².